The Morgan fingerprint density at radius 1 is 1.53 bits per heavy atom. The van der Waals surface area contributed by atoms with Crippen molar-refractivity contribution in [3.8, 4) is 5.75 Å². The summed E-state index contributed by atoms with van der Waals surface area (Å²) in [6.45, 7) is 4.91. The van der Waals surface area contributed by atoms with Gasteiger partial charge < -0.3 is 14.8 Å². The van der Waals surface area contributed by atoms with Gasteiger partial charge in [-0.05, 0) is 31.5 Å². The highest BCUT2D eigenvalue weighted by atomic mass is 79.9. The van der Waals surface area contributed by atoms with E-state index >= 15 is 0 Å². The van der Waals surface area contributed by atoms with E-state index in [1.807, 2.05) is 6.07 Å². The largest absolute Gasteiger partial charge is 0.496 e. The molecule has 106 valence electrons. The molecule has 2 unspecified atom stereocenters. The molecule has 1 saturated heterocycles. The van der Waals surface area contributed by atoms with Crippen molar-refractivity contribution in [1.82, 2.24) is 5.32 Å². The summed E-state index contributed by atoms with van der Waals surface area (Å²) in [6.07, 6.45) is 2.24. The Balaban J connectivity index is 2.25. The molecule has 1 aromatic rings. The van der Waals surface area contributed by atoms with Crippen LogP contribution < -0.4 is 10.1 Å². The quantitative estimate of drug-likeness (QED) is 0.866. The summed E-state index contributed by atoms with van der Waals surface area (Å²) in [5, 5.41) is 3.65. The lowest BCUT2D eigenvalue weighted by atomic mass is 9.91. The fourth-order valence-electron chi connectivity index (χ4n) is 2.59. The van der Waals surface area contributed by atoms with Crippen LogP contribution in [0.4, 0.5) is 0 Å². The minimum absolute atomic E-state index is 0.311. The number of halogens is 1. The zero-order valence-corrected chi connectivity index (χ0v) is 13.2. The van der Waals surface area contributed by atoms with Crippen LogP contribution in [-0.2, 0) is 4.74 Å². The van der Waals surface area contributed by atoms with Crippen molar-refractivity contribution < 1.29 is 9.47 Å². The van der Waals surface area contributed by atoms with E-state index in [2.05, 4.69) is 40.3 Å². The van der Waals surface area contributed by atoms with E-state index in [4.69, 9.17) is 9.47 Å². The lowest BCUT2D eigenvalue weighted by Crippen LogP contribution is -2.29. The molecule has 0 amide bonds. The van der Waals surface area contributed by atoms with Crippen LogP contribution in [0.5, 0.6) is 5.75 Å². The van der Waals surface area contributed by atoms with Gasteiger partial charge in [-0.25, -0.2) is 0 Å². The second-order valence-electron chi connectivity index (χ2n) is 4.94. The van der Waals surface area contributed by atoms with Gasteiger partial charge in [-0.1, -0.05) is 28.9 Å². The van der Waals surface area contributed by atoms with Crippen molar-refractivity contribution in [2.24, 2.45) is 5.92 Å². The molecule has 0 aromatic heterocycles. The van der Waals surface area contributed by atoms with Crippen molar-refractivity contribution in [3.05, 3.63) is 28.2 Å². The Hall–Kier alpha value is -0.580. The normalized spacial score (nSPS) is 20.5. The topological polar surface area (TPSA) is 30.5 Å². The summed E-state index contributed by atoms with van der Waals surface area (Å²) in [7, 11) is 1.73. The smallest absolute Gasteiger partial charge is 0.124 e. The second kappa shape index (κ2) is 7.27. The number of rotatable bonds is 6. The molecule has 1 aromatic carbocycles. The SMILES string of the molecule is CCCNC(c1ccc(Br)cc1OC)C1CCOC1. The fourth-order valence-corrected chi connectivity index (χ4v) is 2.93. The van der Waals surface area contributed by atoms with E-state index in [0.717, 1.165) is 42.8 Å². The first-order valence-electron chi connectivity index (χ1n) is 6.90. The summed E-state index contributed by atoms with van der Waals surface area (Å²) in [5.74, 6) is 1.47. The fraction of sp³-hybridized carbons (Fsp3) is 0.600. The molecule has 1 heterocycles. The van der Waals surface area contributed by atoms with Crippen molar-refractivity contribution in [2.45, 2.75) is 25.8 Å². The molecular formula is C15H22BrNO2. The van der Waals surface area contributed by atoms with Crippen molar-refractivity contribution in [3.63, 3.8) is 0 Å². The van der Waals surface area contributed by atoms with Crippen molar-refractivity contribution >= 4 is 15.9 Å². The van der Waals surface area contributed by atoms with Crippen LogP contribution in [0.15, 0.2) is 22.7 Å². The molecule has 0 saturated carbocycles. The molecular weight excluding hydrogens is 306 g/mol. The molecule has 1 fully saturated rings. The Kier molecular flexibility index (Phi) is 5.67. The van der Waals surface area contributed by atoms with Crippen LogP contribution in [-0.4, -0.2) is 26.9 Å². The average Bonchev–Trinajstić information content (AvgIpc) is 2.94. The minimum atomic E-state index is 0.311. The Morgan fingerprint density at radius 3 is 3.00 bits per heavy atom. The maximum Gasteiger partial charge on any atom is 0.124 e. The lowest BCUT2D eigenvalue weighted by Gasteiger charge is -2.26. The third kappa shape index (κ3) is 3.71. The van der Waals surface area contributed by atoms with Gasteiger partial charge in [0, 0.05) is 28.6 Å². The predicted molar refractivity (Wildman–Crippen MR) is 80.7 cm³/mol. The van der Waals surface area contributed by atoms with Crippen LogP contribution >= 0.6 is 15.9 Å². The molecule has 2 atom stereocenters. The van der Waals surface area contributed by atoms with Crippen molar-refractivity contribution in [2.75, 3.05) is 26.9 Å². The number of benzene rings is 1. The predicted octanol–water partition coefficient (Wildman–Crippen LogP) is 3.53. The van der Waals surface area contributed by atoms with Crippen molar-refractivity contribution in [1.29, 1.82) is 0 Å². The lowest BCUT2D eigenvalue weighted by molar-refractivity contribution is 0.176. The summed E-state index contributed by atoms with van der Waals surface area (Å²) >= 11 is 3.50. The molecule has 3 nitrogen and oxygen atoms in total. The van der Waals surface area contributed by atoms with Gasteiger partial charge in [0.15, 0.2) is 0 Å². The first kappa shape index (κ1) is 14.8. The summed E-state index contributed by atoms with van der Waals surface area (Å²) in [5.41, 5.74) is 1.23. The van der Waals surface area contributed by atoms with E-state index in [1.165, 1.54) is 5.56 Å². The highest BCUT2D eigenvalue weighted by Crippen LogP contribution is 2.35. The summed E-state index contributed by atoms with van der Waals surface area (Å²) in [4.78, 5) is 0. The van der Waals surface area contributed by atoms with Gasteiger partial charge in [-0.2, -0.15) is 0 Å². The molecule has 2 rings (SSSR count). The van der Waals surface area contributed by atoms with Gasteiger partial charge in [0.25, 0.3) is 0 Å². The summed E-state index contributed by atoms with van der Waals surface area (Å²) in [6, 6.07) is 6.57. The van der Waals surface area contributed by atoms with E-state index in [0.29, 0.717) is 12.0 Å². The molecule has 0 aliphatic carbocycles. The molecule has 0 spiro atoms. The minimum Gasteiger partial charge on any atom is -0.496 e. The molecule has 0 bridgehead atoms. The second-order valence-corrected chi connectivity index (χ2v) is 5.86. The van der Waals surface area contributed by atoms with E-state index in [1.54, 1.807) is 7.11 Å². The highest BCUT2D eigenvalue weighted by molar-refractivity contribution is 9.10. The zero-order valence-electron chi connectivity index (χ0n) is 11.6. The van der Waals surface area contributed by atoms with Gasteiger partial charge in [-0.15, -0.1) is 0 Å². The van der Waals surface area contributed by atoms with E-state index in [9.17, 15) is 0 Å². The van der Waals surface area contributed by atoms with Gasteiger partial charge in [0.2, 0.25) is 0 Å². The van der Waals surface area contributed by atoms with Gasteiger partial charge in [0.05, 0.1) is 13.7 Å². The van der Waals surface area contributed by atoms with E-state index < -0.39 is 0 Å². The molecule has 1 aliphatic rings. The van der Waals surface area contributed by atoms with Gasteiger partial charge in [-0.3, -0.25) is 0 Å². The number of nitrogens with one attached hydrogen (secondary N) is 1. The molecule has 19 heavy (non-hydrogen) atoms. The molecule has 1 N–H and O–H groups in total. The Labute approximate surface area is 123 Å². The highest BCUT2D eigenvalue weighted by Gasteiger charge is 2.28. The van der Waals surface area contributed by atoms with Gasteiger partial charge in [0.1, 0.15) is 5.75 Å². The van der Waals surface area contributed by atoms with Crippen LogP contribution in [0.2, 0.25) is 0 Å². The first-order valence-corrected chi connectivity index (χ1v) is 7.70. The van der Waals surface area contributed by atoms with Crippen LogP contribution in [0, 0.1) is 5.92 Å². The maximum absolute atomic E-state index is 5.55. The number of methoxy groups -OCH3 is 1. The molecule has 0 radical (unpaired) electrons. The third-order valence-electron chi connectivity index (χ3n) is 3.58. The van der Waals surface area contributed by atoms with E-state index in [-0.39, 0.29) is 0 Å². The van der Waals surface area contributed by atoms with Crippen LogP contribution in [0.25, 0.3) is 0 Å². The monoisotopic (exact) mass is 327 g/mol. The Bertz CT molecular complexity index is 405. The van der Waals surface area contributed by atoms with Gasteiger partial charge >= 0.3 is 0 Å². The number of ether oxygens (including phenoxy) is 2. The standard InChI is InChI=1S/C15H22BrNO2/c1-3-7-17-15(11-6-8-19-10-11)13-5-4-12(16)9-14(13)18-2/h4-5,9,11,15,17H,3,6-8,10H2,1-2H3. The summed E-state index contributed by atoms with van der Waals surface area (Å²) < 4.78 is 12.1. The Morgan fingerprint density at radius 2 is 2.37 bits per heavy atom. The number of hydrogen-bond acceptors (Lipinski definition) is 3. The zero-order chi connectivity index (χ0) is 13.7. The number of hydrogen-bond donors (Lipinski definition) is 1. The third-order valence-corrected chi connectivity index (χ3v) is 4.07. The maximum atomic E-state index is 5.55. The van der Waals surface area contributed by atoms with Crippen LogP contribution in [0.1, 0.15) is 31.4 Å². The molecule has 1 aliphatic heterocycles. The average molecular weight is 328 g/mol. The molecule has 4 heteroatoms. The first-order chi connectivity index (χ1) is 9.26. The van der Waals surface area contributed by atoms with Crippen LogP contribution in [0.3, 0.4) is 0 Å².